The van der Waals surface area contributed by atoms with Gasteiger partial charge in [-0.2, -0.15) is 0 Å². The molecule has 1 saturated carbocycles. The van der Waals surface area contributed by atoms with Gasteiger partial charge in [-0.15, -0.1) is 0 Å². The molecule has 0 saturated heterocycles. The van der Waals surface area contributed by atoms with Gasteiger partial charge < -0.3 is 10.1 Å². The zero-order valence-electron chi connectivity index (χ0n) is 10.9. The van der Waals surface area contributed by atoms with Gasteiger partial charge in [-0.3, -0.25) is 0 Å². The van der Waals surface area contributed by atoms with E-state index < -0.39 is 0 Å². The highest BCUT2D eigenvalue weighted by molar-refractivity contribution is 5.16. The van der Waals surface area contributed by atoms with E-state index in [9.17, 15) is 0 Å². The largest absolute Gasteiger partial charge is 0.383 e. The van der Waals surface area contributed by atoms with Crippen LogP contribution in [0.3, 0.4) is 0 Å². The summed E-state index contributed by atoms with van der Waals surface area (Å²) in [5.74, 6) is 2.37. The van der Waals surface area contributed by atoms with E-state index in [4.69, 9.17) is 4.74 Å². The number of rotatable bonds is 6. The summed E-state index contributed by atoms with van der Waals surface area (Å²) < 4.78 is 4.99. The molecule has 4 heteroatoms. The topological polar surface area (TPSA) is 47.0 Å². The summed E-state index contributed by atoms with van der Waals surface area (Å²) in [6.45, 7) is 6.68. The highest BCUT2D eigenvalue weighted by atomic mass is 16.5. The van der Waals surface area contributed by atoms with Gasteiger partial charge in [0.2, 0.25) is 0 Å². The van der Waals surface area contributed by atoms with Gasteiger partial charge in [0.05, 0.1) is 12.3 Å². The third kappa shape index (κ3) is 3.48. The van der Waals surface area contributed by atoms with E-state index in [1.165, 1.54) is 6.42 Å². The Hall–Kier alpha value is -1.00. The number of hydrogen-bond donors (Lipinski definition) is 1. The normalized spacial score (nSPS) is 22.8. The second-order valence-electron chi connectivity index (χ2n) is 4.85. The van der Waals surface area contributed by atoms with Gasteiger partial charge in [0.25, 0.3) is 0 Å². The number of methoxy groups -OCH3 is 1. The Labute approximate surface area is 103 Å². The van der Waals surface area contributed by atoms with E-state index in [-0.39, 0.29) is 0 Å². The second-order valence-corrected chi connectivity index (χ2v) is 4.85. The molecule has 1 aliphatic rings. The van der Waals surface area contributed by atoms with E-state index >= 15 is 0 Å². The smallest absolute Gasteiger partial charge is 0.132 e. The van der Waals surface area contributed by atoms with Crippen LogP contribution in [0.2, 0.25) is 0 Å². The first-order valence-corrected chi connectivity index (χ1v) is 6.25. The standard InChI is InChI=1S/C13H21N3O/c1-9-6-12(9)13-15-10(2)7-11(16-13)8-14-4-5-17-3/h7,9,12,14H,4-6,8H2,1-3H3. The van der Waals surface area contributed by atoms with Gasteiger partial charge in [-0.1, -0.05) is 6.92 Å². The van der Waals surface area contributed by atoms with Crippen LogP contribution < -0.4 is 5.32 Å². The van der Waals surface area contributed by atoms with E-state index in [1.54, 1.807) is 7.11 Å². The molecule has 0 amide bonds. The minimum absolute atomic E-state index is 0.590. The molecule has 1 aliphatic carbocycles. The van der Waals surface area contributed by atoms with Crippen molar-refractivity contribution in [3.05, 3.63) is 23.3 Å². The minimum atomic E-state index is 0.590. The Morgan fingerprint density at radius 1 is 1.47 bits per heavy atom. The van der Waals surface area contributed by atoms with Crippen molar-refractivity contribution in [2.45, 2.75) is 32.7 Å². The van der Waals surface area contributed by atoms with Gasteiger partial charge in [0.15, 0.2) is 0 Å². The Morgan fingerprint density at radius 2 is 2.24 bits per heavy atom. The van der Waals surface area contributed by atoms with Gasteiger partial charge in [-0.05, 0) is 25.3 Å². The molecule has 1 N–H and O–H groups in total. The zero-order chi connectivity index (χ0) is 12.3. The molecule has 94 valence electrons. The molecule has 0 aliphatic heterocycles. The van der Waals surface area contributed by atoms with E-state index in [2.05, 4.69) is 28.3 Å². The number of aromatic nitrogens is 2. The zero-order valence-corrected chi connectivity index (χ0v) is 10.9. The van der Waals surface area contributed by atoms with Gasteiger partial charge in [0, 0.05) is 31.8 Å². The fourth-order valence-corrected chi connectivity index (χ4v) is 1.99. The minimum Gasteiger partial charge on any atom is -0.383 e. The van der Waals surface area contributed by atoms with Crippen molar-refractivity contribution in [3.63, 3.8) is 0 Å². The van der Waals surface area contributed by atoms with Gasteiger partial charge >= 0.3 is 0 Å². The molecule has 1 aromatic heterocycles. The molecule has 0 spiro atoms. The lowest BCUT2D eigenvalue weighted by Gasteiger charge is -2.07. The summed E-state index contributed by atoms with van der Waals surface area (Å²) in [5.41, 5.74) is 2.15. The first-order chi connectivity index (χ1) is 8.20. The van der Waals surface area contributed by atoms with Crippen LogP contribution in [0.1, 0.15) is 36.5 Å². The molecule has 1 fully saturated rings. The third-order valence-electron chi connectivity index (χ3n) is 3.15. The van der Waals surface area contributed by atoms with Crippen molar-refractivity contribution in [3.8, 4) is 0 Å². The van der Waals surface area contributed by atoms with Crippen LogP contribution in [-0.4, -0.2) is 30.2 Å². The van der Waals surface area contributed by atoms with Gasteiger partial charge in [-0.25, -0.2) is 9.97 Å². The number of nitrogens with zero attached hydrogens (tertiary/aromatic N) is 2. The molecular weight excluding hydrogens is 214 g/mol. The molecule has 2 atom stereocenters. The summed E-state index contributed by atoms with van der Waals surface area (Å²) in [6, 6.07) is 2.05. The highest BCUT2D eigenvalue weighted by Crippen LogP contribution is 2.45. The average Bonchev–Trinajstić information content (AvgIpc) is 3.01. The van der Waals surface area contributed by atoms with E-state index in [1.807, 2.05) is 6.92 Å². The first-order valence-electron chi connectivity index (χ1n) is 6.25. The number of aryl methyl sites for hydroxylation is 1. The summed E-state index contributed by atoms with van der Waals surface area (Å²) in [6.07, 6.45) is 1.24. The maximum Gasteiger partial charge on any atom is 0.132 e. The lowest BCUT2D eigenvalue weighted by molar-refractivity contribution is 0.199. The summed E-state index contributed by atoms with van der Waals surface area (Å²) in [4.78, 5) is 9.16. The summed E-state index contributed by atoms with van der Waals surface area (Å²) in [5, 5.41) is 3.31. The Bertz CT molecular complexity index is 381. The molecule has 0 bridgehead atoms. The molecule has 0 radical (unpaired) electrons. The van der Waals surface area contributed by atoms with Crippen LogP contribution in [-0.2, 0) is 11.3 Å². The molecule has 4 nitrogen and oxygen atoms in total. The first kappa shape index (κ1) is 12.5. The monoisotopic (exact) mass is 235 g/mol. The lowest BCUT2D eigenvalue weighted by Crippen LogP contribution is -2.19. The van der Waals surface area contributed by atoms with Crippen LogP contribution >= 0.6 is 0 Å². The van der Waals surface area contributed by atoms with E-state index in [0.29, 0.717) is 5.92 Å². The molecule has 1 aromatic rings. The van der Waals surface area contributed by atoms with Crippen molar-refractivity contribution < 1.29 is 4.74 Å². The van der Waals surface area contributed by atoms with Crippen molar-refractivity contribution in [1.29, 1.82) is 0 Å². The second kappa shape index (κ2) is 5.56. The van der Waals surface area contributed by atoms with Crippen molar-refractivity contribution >= 4 is 0 Å². The van der Waals surface area contributed by atoms with Crippen molar-refractivity contribution in [2.24, 2.45) is 5.92 Å². The Morgan fingerprint density at radius 3 is 2.88 bits per heavy atom. The SMILES string of the molecule is COCCNCc1cc(C)nc(C2CC2C)n1. The molecule has 2 unspecified atom stereocenters. The van der Waals surface area contributed by atoms with E-state index in [0.717, 1.165) is 42.8 Å². The predicted molar refractivity (Wildman–Crippen MR) is 66.9 cm³/mol. The average molecular weight is 235 g/mol. The van der Waals surface area contributed by atoms with Crippen LogP contribution in [0.4, 0.5) is 0 Å². The number of ether oxygens (including phenoxy) is 1. The Kier molecular flexibility index (Phi) is 4.07. The summed E-state index contributed by atoms with van der Waals surface area (Å²) >= 11 is 0. The molecule has 0 aromatic carbocycles. The van der Waals surface area contributed by atoms with Crippen LogP contribution in [0.15, 0.2) is 6.07 Å². The fraction of sp³-hybridized carbons (Fsp3) is 0.692. The van der Waals surface area contributed by atoms with Crippen LogP contribution in [0.25, 0.3) is 0 Å². The van der Waals surface area contributed by atoms with Crippen LogP contribution in [0.5, 0.6) is 0 Å². The maximum atomic E-state index is 4.99. The van der Waals surface area contributed by atoms with Crippen LogP contribution in [0, 0.1) is 12.8 Å². The van der Waals surface area contributed by atoms with Crippen molar-refractivity contribution in [1.82, 2.24) is 15.3 Å². The quantitative estimate of drug-likeness (QED) is 0.762. The number of hydrogen-bond acceptors (Lipinski definition) is 4. The highest BCUT2D eigenvalue weighted by Gasteiger charge is 2.36. The Balaban J connectivity index is 1.94. The molecule has 17 heavy (non-hydrogen) atoms. The number of nitrogens with one attached hydrogen (secondary N) is 1. The lowest BCUT2D eigenvalue weighted by atomic mass is 10.2. The molecule has 2 rings (SSSR count). The molecular formula is C13H21N3O. The predicted octanol–water partition coefficient (Wildman–Crippen LogP) is 1.64. The van der Waals surface area contributed by atoms with Crippen molar-refractivity contribution in [2.75, 3.05) is 20.3 Å². The summed E-state index contributed by atoms with van der Waals surface area (Å²) in [7, 11) is 1.71. The fourth-order valence-electron chi connectivity index (χ4n) is 1.99. The third-order valence-corrected chi connectivity index (χ3v) is 3.15. The molecule has 1 heterocycles. The maximum absolute atomic E-state index is 4.99. The van der Waals surface area contributed by atoms with Gasteiger partial charge in [0.1, 0.15) is 5.82 Å².